The highest BCUT2D eigenvalue weighted by atomic mass is 32.2. The van der Waals surface area contributed by atoms with E-state index < -0.39 is 0 Å². The monoisotopic (exact) mass is 276 g/mol. The number of rotatable bonds is 11. The van der Waals surface area contributed by atoms with Crippen molar-refractivity contribution in [2.75, 3.05) is 13.1 Å². The molecule has 0 amide bonds. The van der Waals surface area contributed by atoms with Crippen molar-refractivity contribution >= 4 is 28.5 Å². The summed E-state index contributed by atoms with van der Waals surface area (Å²) in [5.74, 6) is 0. The van der Waals surface area contributed by atoms with Crippen molar-refractivity contribution in [1.29, 1.82) is 0 Å². The lowest BCUT2D eigenvalue weighted by molar-refractivity contribution is 0.603. The molecule has 0 aromatic rings. The van der Waals surface area contributed by atoms with Gasteiger partial charge in [0.25, 0.3) is 0 Å². The first-order chi connectivity index (χ1) is 8.31. The van der Waals surface area contributed by atoms with Gasteiger partial charge in [-0.25, -0.2) is 0 Å². The largest absolute Gasteiger partial charge is 0.370 e. The molecule has 0 spiro atoms. The first kappa shape index (κ1) is 17.2. The fourth-order valence-corrected chi connectivity index (χ4v) is 2.33. The third kappa shape index (κ3) is 14.1. The SMILES string of the molecule is CCCCCCCCNC(=S)SNCCCC. The summed E-state index contributed by atoms with van der Waals surface area (Å²) in [5.41, 5.74) is 0. The molecule has 0 heterocycles. The molecule has 17 heavy (non-hydrogen) atoms. The van der Waals surface area contributed by atoms with E-state index in [1.807, 2.05) is 0 Å². The molecule has 0 aliphatic carbocycles. The van der Waals surface area contributed by atoms with E-state index in [9.17, 15) is 0 Å². The summed E-state index contributed by atoms with van der Waals surface area (Å²) < 4.78 is 4.15. The summed E-state index contributed by atoms with van der Waals surface area (Å²) in [4.78, 5) is 0. The van der Waals surface area contributed by atoms with E-state index in [1.165, 1.54) is 51.4 Å². The van der Waals surface area contributed by atoms with Gasteiger partial charge in [0.2, 0.25) is 0 Å². The Morgan fingerprint density at radius 1 is 0.882 bits per heavy atom. The maximum Gasteiger partial charge on any atom is 0.148 e. The van der Waals surface area contributed by atoms with Crippen molar-refractivity contribution in [1.82, 2.24) is 10.0 Å². The van der Waals surface area contributed by atoms with Gasteiger partial charge < -0.3 is 5.32 Å². The number of thiocarbonyl (C=S) groups is 1. The van der Waals surface area contributed by atoms with Gasteiger partial charge in [0.1, 0.15) is 4.32 Å². The molecular weight excluding hydrogens is 248 g/mol. The molecule has 0 aliphatic rings. The van der Waals surface area contributed by atoms with Crippen LogP contribution in [-0.2, 0) is 0 Å². The van der Waals surface area contributed by atoms with E-state index >= 15 is 0 Å². The third-order valence-electron chi connectivity index (χ3n) is 2.60. The molecule has 0 aromatic carbocycles. The number of hydrogen-bond donors (Lipinski definition) is 2. The second-order valence-electron chi connectivity index (χ2n) is 4.33. The normalized spacial score (nSPS) is 10.5. The average Bonchev–Trinajstić information content (AvgIpc) is 2.33. The van der Waals surface area contributed by atoms with Crippen molar-refractivity contribution in [3.63, 3.8) is 0 Å². The van der Waals surface area contributed by atoms with Gasteiger partial charge in [-0.2, -0.15) is 0 Å². The first-order valence-electron chi connectivity index (χ1n) is 6.98. The van der Waals surface area contributed by atoms with Gasteiger partial charge in [0, 0.05) is 13.1 Å². The van der Waals surface area contributed by atoms with Crippen LogP contribution in [0, 0.1) is 0 Å². The molecule has 0 bridgehead atoms. The zero-order valence-corrected chi connectivity index (χ0v) is 13.0. The third-order valence-corrected chi connectivity index (χ3v) is 3.67. The second-order valence-corrected chi connectivity index (χ2v) is 5.90. The Balaban J connectivity index is 3.11. The molecule has 102 valence electrons. The first-order valence-corrected chi connectivity index (χ1v) is 8.21. The fraction of sp³-hybridized carbons (Fsp3) is 0.923. The molecule has 0 rings (SSSR count). The Morgan fingerprint density at radius 3 is 2.24 bits per heavy atom. The van der Waals surface area contributed by atoms with E-state index in [4.69, 9.17) is 12.2 Å². The topological polar surface area (TPSA) is 24.1 Å². The fourth-order valence-electron chi connectivity index (χ4n) is 1.50. The van der Waals surface area contributed by atoms with Gasteiger partial charge in [-0.1, -0.05) is 64.6 Å². The lowest BCUT2D eigenvalue weighted by Gasteiger charge is -2.07. The predicted octanol–water partition coefficient (Wildman–Crippen LogP) is 4.26. The smallest absolute Gasteiger partial charge is 0.148 e. The van der Waals surface area contributed by atoms with E-state index in [0.29, 0.717) is 0 Å². The number of hydrogen-bond acceptors (Lipinski definition) is 3. The molecular formula is C13H28N2S2. The van der Waals surface area contributed by atoms with Crippen LogP contribution in [0.2, 0.25) is 0 Å². The minimum Gasteiger partial charge on any atom is -0.370 e. The van der Waals surface area contributed by atoms with Crippen LogP contribution >= 0.6 is 24.2 Å². The minimum absolute atomic E-state index is 0.884. The predicted molar refractivity (Wildman–Crippen MR) is 84.5 cm³/mol. The highest BCUT2D eigenvalue weighted by Gasteiger charge is 1.96. The van der Waals surface area contributed by atoms with Crippen LogP contribution < -0.4 is 10.0 Å². The summed E-state index contributed by atoms with van der Waals surface area (Å²) >= 11 is 6.77. The Bertz CT molecular complexity index is 175. The van der Waals surface area contributed by atoms with Gasteiger partial charge in [-0.15, -0.1) is 0 Å². The van der Waals surface area contributed by atoms with Crippen molar-refractivity contribution < 1.29 is 0 Å². The maximum absolute atomic E-state index is 5.21. The van der Waals surface area contributed by atoms with Crippen molar-refractivity contribution in [3.8, 4) is 0 Å². The molecule has 0 aliphatic heterocycles. The number of nitrogens with one attached hydrogen (secondary N) is 2. The molecule has 0 aromatic heterocycles. The summed E-state index contributed by atoms with van der Waals surface area (Å²) in [6.45, 7) is 6.51. The zero-order chi connectivity index (χ0) is 12.8. The molecule has 0 saturated heterocycles. The molecule has 0 atom stereocenters. The average molecular weight is 277 g/mol. The van der Waals surface area contributed by atoms with Gasteiger partial charge >= 0.3 is 0 Å². The van der Waals surface area contributed by atoms with Gasteiger partial charge in [0.05, 0.1) is 0 Å². The number of unbranched alkanes of at least 4 members (excludes halogenated alkanes) is 6. The minimum atomic E-state index is 0.884. The quantitative estimate of drug-likeness (QED) is 0.334. The Labute approximate surface area is 117 Å². The Morgan fingerprint density at radius 2 is 1.53 bits per heavy atom. The van der Waals surface area contributed by atoms with Crippen LogP contribution in [-0.4, -0.2) is 17.4 Å². The standard InChI is InChI=1S/C13H28N2S2/c1-3-5-7-8-9-10-11-14-13(16)17-15-12-6-4-2/h15H,3-12H2,1-2H3,(H,14,16). The maximum atomic E-state index is 5.21. The van der Waals surface area contributed by atoms with E-state index in [1.54, 1.807) is 11.9 Å². The summed E-state index contributed by atoms with van der Waals surface area (Å²) in [7, 11) is 0. The molecule has 2 N–H and O–H groups in total. The Hall–Kier alpha value is 0.200. The molecule has 0 unspecified atom stereocenters. The van der Waals surface area contributed by atoms with Crippen molar-refractivity contribution in [3.05, 3.63) is 0 Å². The molecule has 0 fully saturated rings. The summed E-state index contributed by atoms with van der Waals surface area (Å²) in [6.07, 6.45) is 10.4. The lowest BCUT2D eigenvalue weighted by Crippen LogP contribution is -2.23. The lowest BCUT2D eigenvalue weighted by atomic mass is 10.1. The molecule has 2 nitrogen and oxygen atoms in total. The Kier molecular flexibility index (Phi) is 14.4. The highest BCUT2D eigenvalue weighted by molar-refractivity contribution is 8.21. The van der Waals surface area contributed by atoms with Gasteiger partial charge in [-0.3, -0.25) is 4.72 Å². The van der Waals surface area contributed by atoms with Crippen LogP contribution in [0.15, 0.2) is 0 Å². The van der Waals surface area contributed by atoms with E-state index in [2.05, 4.69) is 23.9 Å². The van der Waals surface area contributed by atoms with Crippen molar-refractivity contribution in [2.45, 2.75) is 65.2 Å². The zero-order valence-electron chi connectivity index (χ0n) is 11.4. The van der Waals surface area contributed by atoms with Crippen LogP contribution in [0.25, 0.3) is 0 Å². The van der Waals surface area contributed by atoms with Crippen molar-refractivity contribution in [2.24, 2.45) is 0 Å². The molecule has 0 radical (unpaired) electrons. The van der Waals surface area contributed by atoms with Crippen LogP contribution in [0.5, 0.6) is 0 Å². The van der Waals surface area contributed by atoms with Gasteiger partial charge in [-0.05, 0) is 24.8 Å². The molecule has 0 saturated carbocycles. The molecule has 4 heteroatoms. The summed E-state index contributed by atoms with van der Waals surface area (Å²) in [6, 6.07) is 0. The van der Waals surface area contributed by atoms with Crippen LogP contribution in [0.4, 0.5) is 0 Å². The second kappa shape index (κ2) is 14.3. The van der Waals surface area contributed by atoms with Gasteiger partial charge in [0.15, 0.2) is 0 Å². The van der Waals surface area contributed by atoms with E-state index in [-0.39, 0.29) is 0 Å². The van der Waals surface area contributed by atoms with Crippen LogP contribution in [0.1, 0.15) is 65.2 Å². The van der Waals surface area contributed by atoms with E-state index in [0.717, 1.165) is 17.4 Å². The van der Waals surface area contributed by atoms with Crippen LogP contribution in [0.3, 0.4) is 0 Å². The highest BCUT2D eigenvalue weighted by Crippen LogP contribution is 2.04. The summed E-state index contributed by atoms with van der Waals surface area (Å²) in [5, 5.41) is 3.28.